The molecule has 0 bridgehead atoms. The number of fused-ring (bicyclic) bond motifs is 1. The predicted molar refractivity (Wildman–Crippen MR) is 151 cm³/mol. The molecule has 1 N–H and O–H groups in total. The van der Waals surface area contributed by atoms with Gasteiger partial charge in [-0.15, -0.1) is 0 Å². The number of hydrogen-bond acceptors (Lipinski definition) is 4. The van der Waals surface area contributed by atoms with Crippen molar-refractivity contribution in [2.24, 2.45) is 0 Å². The van der Waals surface area contributed by atoms with Gasteiger partial charge in [-0.1, -0.05) is 79.5 Å². The summed E-state index contributed by atoms with van der Waals surface area (Å²) in [6, 6.07) is 16.8. The van der Waals surface area contributed by atoms with Crippen LogP contribution in [0.2, 0.25) is 10.0 Å². The molecule has 0 aliphatic heterocycles. The molecule has 1 atom stereocenters. The van der Waals surface area contributed by atoms with Crippen molar-refractivity contribution in [2.45, 2.75) is 39.3 Å². The van der Waals surface area contributed by atoms with Crippen LogP contribution < -0.4 is 9.62 Å². The van der Waals surface area contributed by atoms with E-state index in [0.717, 1.165) is 22.4 Å². The molecule has 0 fully saturated rings. The number of halogens is 2. The molecule has 10 heteroatoms. The summed E-state index contributed by atoms with van der Waals surface area (Å²) in [6.07, 6.45) is 2.13. The zero-order chi connectivity index (χ0) is 27.2. The molecule has 7 nitrogen and oxygen atoms in total. The quantitative estimate of drug-likeness (QED) is 0.345. The maximum atomic E-state index is 13.8. The van der Waals surface area contributed by atoms with Crippen LogP contribution in [0.1, 0.15) is 32.3 Å². The molecular weight excluding hydrogens is 533 g/mol. The highest BCUT2D eigenvalue weighted by atomic mass is 35.5. The Morgan fingerprint density at radius 3 is 2.35 bits per heavy atom. The third-order valence-corrected chi connectivity index (χ3v) is 7.72. The average Bonchev–Trinajstić information content (AvgIpc) is 2.86. The summed E-state index contributed by atoms with van der Waals surface area (Å²) in [7, 11) is -3.85. The van der Waals surface area contributed by atoms with Crippen LogP contribution in [-0.2, 0) is 26.2 Å². The molecule has 3 rings (SSSR count). The molecule has 0 aromatic heterocycles. The van der Waals surface area contributed by atoms with Gasteiger partial charge in [-0.25, -0.2) is 8.42 Å². The van der Waals surface area contributed by atoms with Gasteiger partial charge in [-0.3, -0.25) is 13.9 Å². The number of rotatable bonds is 11. The fourth-order valence-corrected chi connectivity index (χ4v) is 5.47. The lowest BCUT2D eigenvalue weighted by atomic mass is 10.1. The number of anilines is 1. The lowest BCUT2D eigenvalue weighted by molar-refractivity contribution is -0.140. The third kappa shape index (κ3) is 7.15. The van der Waals surface area contributed by atoms with Crippen molar-refractivity contribution < 1.29 is 18.0 Å². The standard InChI is InChI=1S/C27H31Cl2N3O4S/c1-4-15-30-27(34)24(5-2)31(17-20-13-14-21(28)16-23(20)29)26(33)18-32(37(3,35)36)25-12-8-10-19-9-6-7-11-22(19)25/h6-14,16,24H,4-5,15,17-18H2,1-3H3,(H,30,34)/t24-/m0/s1. The molecule has 0 saturated heterocycles. The van der Waals surface area contributed by atoms with E-state index in [4.69, 9.17) is 23.2 Å². The summed E-state index contributed by atoms with van der Waals surface area (Å²) >= 11 is 12.4. The van der Waals surface area contributed by atoms with Crippen LogP contribution in [0.15, 0.2) is 60.7 Å². The average molecular weight is 565 g/mol. The van der Waals surface area contributed by atoms with Gasteiger partial charge in [0.1, 0.15) is 12.6 Å². The summed E-state index contributed by atoms with van der Waals surface area (Å²) in [4.78, 5) is 28.3. The smallest absolute Gasteiger partial charge is 0.244 e. The fourth-order valence-electron chi connectivity index (χ4n) is 4.14. The van der Waals surface area contributed by atoms with E-state index in [1.54, 1.807) is 37.3 Å². The van der Waals surface area contributed by atoms with Crippen molar-refractivity contribution in [1.82, 2.24) is 10.2 Å². The number of hydrogen-bond donors (Lipinski definition) is 1. The van der Waals surface area contributed by atoms with Gasteiger partial charge < -0.3 is 10.2 Å². The van der Waals surface area contributed by atoms with Gasteiger partial charge in [0.2, 0.25) is 21.8 Å². The van der Waals surface area contributed by atoms with Crippen molar-refractivity contribution in [2.75, 3.05) is 23.7 Å². The molecule has 37 heavy (non-hydrogen) atoms. The Bertz CT molecular complexity index is 1380. The van der Waals surface area contributed by atoms with Crippen LogP contribution in [0.5, 0.6) is 0 Å². The maximum absolute atomic E-state index is 13.8. The summed E-state index contributed by atoms with van der Waals surface area (Å²) in [5, 5.41) is 5.18. The minimum Gasteiger partial charge on any atom is -0.354 e. The van der Waals surface area contributed by atoms with Crippen molar-refractivity contribution >= 4 is 61.5 Å². The van der Waals surface area contributed by atoms with E-state index in [0.29, 0.717) is 39.6 Å². The van der Waals surface area contributed by atoms with Gasteiger partial charge in [0.05, 0.1) is 11.9 Å². The molecule has 2 amide bonds. The zero-order valence-corrected chi connectivity index (χ0v) is 23.4. The molecule has 198 valence electrons. The van der Waals surface area contributed by atoms with E-state index in [-0.39, 0.29) is 12.5 Å². The highest BCUT2D eigenvalue weighted by molar-refractivity contribution is 7.92. The number of amides is 2. The monoisotopic (exact) mass is 563 g/mol. The Morgan fingerprint density at radius 2 is 1.70 bits per heavy atom. The second-order valence-corrected chi connectivity index (χ2v) is 11.5. The van der Waals surface area contributed by atoms with Crippen molar-refractivity contribution in [3.8, 4) is 0 Å². The predicted octanol–water partition coefficient (Wildman–Crippen LogP) is 5.25. The summed E-state index contributed by atoms with van der Waals surface area (Å²) in [5.41, 5.74) is 0.985. The van der Waals surface area contributed by atoms with Gasteiger partial charge in [0.25, 0.3) is 0 Å². The highest BCUT2D eigenvalue weighted by Crippen LogP contribution is 2.29. The summed E-state index contributed by atoms with van der Waals surface area (Å²) in [6.45, 7) is 3.74. The second kappa shape index (κ2) is 12.6. The number of benzene rings is 3. The minimum atomic E-state index is -3.85. The van der Waals surface area contributed by atoms with Crippen LogP contribution in [0, 0.1) is 0 Å². The van der Waals surface area contributed by atoms with Crippen LogP contribution in [-0.4, -0.2) is 50.5 Å². The molecule has 0 aliphatic carbocycles. The van der Waals surface area contributed by atoms with Crippen molar-refractivity contribution in [3.63, 3.8) is 0 Å². The van der Waals surface area contributed by atoms with Crippen LogP contribution in [0.4, 0.5) is 5.69 Å². The Kier molecular flexibility index (Phi) is 9.81. The van der Waals surface area contributed by atoms with Crippen LogP contribution in [0.3, 0.4) is 0 Å². The Hall–Kier alpha value is -2.81. The fraction of sp³-hybridized carbons (Fsp3) is 0.333. The Morgan fingerprint density at radius 1 is 1.00 bits per heavy atom. The van der Waals surface area contributed by atoms with Gasteiger partial charge in [0, 0.05) is 28.5 Å². The first kappa shape index (κ1) is 28.8. The SMILES string of the molecule is CCCNC(=O)[C@H](CC)N(Cc1ccc(Cl)cc1Cl)C(=O)CN(c1cccc2ccccc12)S(C)(=O)=O. The minimum absolute atomic E-state index is 0.0139. The first-order valence-electron chi connectivity index (χ1n) is 12.0. The summed E-state index contributed by atoms with van der Waals surface area (Å²) < 4.78 is 27.0. The van der Waals surface area contributed by atoms with E-state index in [9.17, 15) is 18.0 Å². The van der Waals surface area contributed by atoms with Gasteiger partial charge in [-0.2, -0.15) is 0 Å². The normalized spacial score (nSPS) is 12.2. The maximum Gasteiger partial charge on any atom is 0.244 e. The van der Waals surface area contributed by atoms with Crippen molar-refractivity contribution in [3.05, 3.63) is 76.3 Å². The van der Waals surface area contributed by atoms with E-state index in [1.165, 1.54) is 4.90 Å². The molecular formula is C27H31Cl2N3O4S. The Labute approximate surface area is 228 Å². The summed E-state index contributed by atoms with van der Waals surface area (Å²) in [5.74, 6) is -0.832. The first-order valence-corrected chi connectivity index (χ1v) is 14.6. The molecule has 0 unspecified atom stereocenters. The topological polar surface area (TPSA) is 86.8 Å². The van der Waals surface area contributed by atoms with Crippen LogP contribution >= 0.6 is 23.2 Å². The molecule has 0 heterocycles. The lowest BCUT2D eigenvalue weighted by Gasteiger charge is -2.33. The van der Waals surface area contributed by atoms with E-state index in [2.05, 4.69) is 5.32 Å². The molecule has 3 aromatic carbocycles. The number of nitrogens with zero attached hydrogens (tertiary/aromatic N) is 2. The van der Waals surface area contributed by atoms with E-state index >= 15 is 0 Å². The second-order valence-electron chi connectivity index (χ2n) is 8.74. The molecule has 3 aromatic rings. The van der Waals surface area contributed by atoms with Gasteiger partial charge >= 0.3 is 0 Å². The molecule has 0 aliphatic rings. The molecule has 0 saturated carbocycles. The van der Waals surface area contributed by atoms with Gasteiger partial charge in [-0.05, 0) is 42.0 Å². The highest BCUT2D eigenvalue weighted by Gasteiger charge is 2.32. The number of carbonyl (C=O) groups excluding carboxylic acids is 2. The molecule has 0 radical (unpaired) electrons. The first-order chi connectivity index (χ1) is 17.6. The molecule has 0 spiro atoms. The number of nitrogens with one attached hydrogen (secondary N) is 1. The largest absolute Gasteiger partial charge is 0.354 e. The Balaban J connectivity index is 2.04. The van der Waals surface area contributed by atoms with E-state index in [1.807, 2.05) is 37.3 Å². The third-order valence-electron chi connectivity index (χ3n) is 6.01. The number of sulfonamides is 1. The zero-order valence-electron chi connectivity index (χ0n) is 21.1. The van der Waals surface area contributed by atoms with E-state index < -0.39 is 28.5 Å². The van der Waals surface area contributed by atoms with Crippen molar-refractivity contribution in [1.29, 1.82) is 0 Å². The lowest BCUT2D eigenvalue weighted by Crippen LogP contribution is -2.52. The van der Waals surface area contributed by atoms with Gasteiger partial charge in [0.15, 0.2) is 0 Å². The number of carbonyl (C=O) groups is 2. The van der Waals surface area contributed by atoms with Crippen LogP contribution in [0.25, 0.3) is 10.8 Å².